The molecule has 73 heavy (non-hydrogen) atoms. The number of methoxy groups -OCH3 is 1. The van der Waals surface area contributed by atoms with Crippen molar-refractivity contribution in [2.24, 2.45) is 0 Å². The van der Waals surface area contributed by atoms with Gasteiger partial charge in [-0.3, -0.25) is 9.59 Å². The highest BCUT2D eigenvalue weighted by Gasteiger charge is 2.59. The van der Waals surface area contributed by atoms with E-state index in [1.807, 2.05) is 36.4 Å². The number of hydrogen-bond acceptors (Lipinski definition) is 17. The number of carbonyl (C=O) groups excluding carboxylic acids is 7. The van der Waals surface area contributed by atoms with Crippen LogP contribution in [0.25, 0.3) is 10.8 Å². The number of nitrogens with one attached hydrogen (secondary N) is 1. The summed E-state index contributed by atoms with van der Waals surface area (Å²) in [5.41, 5.74) is 0.544. The molecule has 2 aliphatic rings. The molecule has 7 rings (SSSR count). The molecular weight excluding hydrogens is 1020 g/mol. The average Bonchev–Trinajstić information content (AvgIpc) is 3.39. The Morgan fingerprint density at radius 3 is 1.67 bits per heavy atom. The van der Waals surface area contributed by atoms with E-state index in [0.717, 1.165) is 17.9 Å². The highest BCUT2D eigenvalue weighted by atomic mass is 35.6. The van der Waals surface area contributed by atoms with E-state index in [2.05, 4.69) is 5.32 Å². The molecule has 1 amide bonds. The van der Waals surface area contributed by atoms with Crippen molar-refractivity contribution in [1.29, 1.82) is 0 Å². The van der Waals surface area contributed by atoms with Gasteiger partial charge in [-0.1, -0.05) is 126 Å². The van der Waals surface area contributed by atoms with E-state index in [1.165, 1.54) is 67.6 Å². The lowest BCUT2D eigenvalue weighted by atomic mass is 9.94. The smallest absolute Gasteiger partial charge is 0.339 e. The molecule has 18 nitrogen and oxygen atoms in total. The molecule has 384 valence electrons. The van der Waals surface area contributed by atoms with Crippen LogP contribution in [-0.2, 0) is 68.4 Å². The van der Waals surface area contributed by atoms with Gasteiger partial charge in [-0.2, -0.15) is 0 Å². The number of aliphatic hydroxyl groups is 1. The number of fused-ring (bicyclic) bond motifs is 1. The lowest BCUT2D eigenvalue weighted by molar-refractivity contribution is -0.340. The topological polar surface area (TPSA) is 235 Å². The number of hydrogen-bond donors (Lipinski definition) is 2. The number of amides is 1. The predicted molar refractivity (Wildman–Crippen MR) is 259 cm³/mol. The monoisotopic (exact) mass is 1060 g/mol. The van der Waals surface area contributed by atoms with Crippen LogP contribution in [-0.4, -0.2) is 126 Å². The molecule has 0 unspecified atom stereocenters. The maximum atomic E-state index is 14.2. The second-order valence-corrected chi connectivity index (χ2v) is 18.9. The van der Waals surface area contributed by atoms with Gasteiger partial charge in [0.1, 0.15) is 24.0 Å². The molecule has 0 aliphatic carbocycles. The number of carbonyl (C=O) groups is 7. The molecule has 10 atom stereocenters. The van der Waals surface area contributed by atoms with Gasteiger partial charge in [0, 0.05) is 6.42 Å². The van der Waals surface area contributed by atoms with E-state index in [1.54, 1.807) is 36.4 Å². The van der Waals surface area contributed by atoms with E-state index in [4.69, 9.17) is 77.4 Å². The van der Waals surface area contributed by atoms with Crippen LogP contribution >= 0.6 is 34.8 Å². The Morgan fingerprint density at radius 2 is 1.14 bits per heavy atom. The maximum absolute atomic E-state index is 14.2. The first-order valence-corrected chi connectivity index (χ1v) is 23.8. The van der Waals surface area contributed by atoms with Gasteiger partial charge in [0.15, 0.2) is 43.1 Å². The zero-order chi connectivity index (χ0) is 52.2. The molecule has 5 aromatic rings. The van der Waals surface area contributed by atoms with Gasteiger partial charge in [0.25, 0.3) is 9.70 Å². The molecule has 2 fully saturated rings. The van der Waals surface area contributed by atoms with Crippen molar-refractivity contribution in [2.75, 3.05) is 13.7 Å². The molecule has 21 heteroatoms. The van der Waals surface area contributed by atoms with Crippen LogP contribution in [0.2, 0.25) is 0 Å². The molecule has 0 saturated carbocycles. The first-order chi connectivity index (χ1) is 35.0. The van der Waals surface area contributed by atoms with Crippen LogP contribution in [0.3, 0.4) is 0 Å². The molecule has 2 heterocycles. The second kappa shape index (κ2) is 25.0. The van der Waals surface area contributed by atoms with E-state index in [0.29, 0.717) is 5.56 Å². The lowest BCUT2D eigenvalue weighted by Crippen LogP contribution is -2.70. The fraction of sp³-hybridized carbons (Fsp3) is 0.327. The molecule has 2 aliphatic heterocycles. The Bertz CT molecular complexity index is 2750. The Labute approximate surface area is 432 Å². The minimum Gasteiger partial charge on any atom is -0.467 e. The lowest BCUT2D eigenvalue weighted by Gasteiger charge is -2.49. The molecule has 0 radical (unpaired) electrons. The summed E-state index contributed by atoms with van der Waals surface area (Å²) in [5.74, 6) is -7.08. The summed E-state index contributed by atoms with van der Waals surface area (Å²) in [6, 6.07) is 33.8. The van der Waals surface area contributed by atoms with Crippen molar-refractivity contribution in [1.82, 2.24) is 5.32 Å². The number of alkyl halides is 3. The number of ketones is 1. The molecular formula is C52H48Cl3NO17. The summed E-state index contributed by atoms with van der Waals surface area (Å²) >= 11 is 18.4. The summed E-state index contributed by atoms with van der Waals surface area (Å²) in [5, 5.41) is 15.3. The highest BCUT2D eigenvalue weighted by molar-refractivity contribution is 6.76. The van der Waals surface area contributed by atoms with E-state index in [9.17, 15) is 38.7 Å². The second-order valence-electron chi connectivity index (χ2n) is 16.6. The summed E-state index contributed by atoms with van der Waals surface area (Å²) in [6.07, 6.45) is -18.0. The molecule has 0 bridgehead atoms. The van der Waals surface area contributed by atoms with Crippen LogP contribution in [0, 0.1) is 0 Å². The van der Waals surface area contributed by atoms with Crippen LogP contribution in [0.4, 0.5) is 0 Å². The standard InChI is InChI=1S/C52H48Cl3NO17/c1-29(58)22-25-37(59)68-41-42(70-46(61)33-17-8-4-9-18-33)44(71-47(62)34-19-10-5-11-20-34)50(73-43(41)48(63)65-2)72-40-38(56-51(64)52(53,54)55)49(66-28-30-23-24-31-14-12-13-21-35(31)26-30)67-36(27-57)39(40)69-45(60)32-15-6-3-7-16-32/h3-21,23-24,26,36,38-44,49-50,57H,22,25,27-28H2,1-2H3,(H,56,64)/t36-,38-,39+,40-,41+,42+,43+,44-,49-,50-/m1/s1. The Morgan fingerprint density at radius 1 is 0.603 bits per heavy atom. The van der Waals surface area contributed by atoms with Crippen LogP contribution in [0.1, 0.15) is 56.4 Å². The first kappa shape index (κ1) is 54.3. The van der Waals surface area contributed by atoms with Crippen molar-refractivity contribution < 1.29 is 81.3 Å². The SMILES string of the molecule is COC(=O)[C@H]1O[C@@H](O[C@@H]2[C@@H](NC(=O)C(Cl)(Cl)Cl)[C@H](OCc3ccc4ccccc4c3)O[C@H](CO)[C@@H]2OC(=O)c2ccccc2)[C@H](OC(=O)c2ccccc2)[C@@H](OC(=O)c2ccccc2)[C@@H]1OC(=O)CCC(C)=O. The Kier molecular flexibility index (Phi) is 18.6. The Hall–Kier alpha value is -6.48. The van der Waals surface area contributed by atoms with Gasteiger partial charge >= 0.3 is 29.8 Å². The summed E-state index contributed by atoms with van der Waals surface area (Å²) in [6.45, 7) is 0.126. The average molecular weight is 1070 g/mol. The van der Waals surface area contributed by atoms with Crippen LogP contribution < -0.4 is 5.32 Å². The largest absolute Gasteiger partial charge is 0.467 e. The zero-order valence-electron chi connectivity index (χ0n) is 38.9. The number of benzene rings is 5. The number of esters is 5. The van der Waals surface area contributed by atoms with Gasteiger partial charge in [-0.05, 0) is 65.7 Å². The van der Waals surface area contributed by atoms with Crippen molar-refractivity contribution in [3.63, 3.8) is 0 Å². The zero-order valence-corrected chi connectivity index (χ0v) is 41.2. The normalized spacial score (nSPS) is 23.8. The highest BCUT2D eigenvalue weighted by Crippen LogP contribution is 2.37. The number of Topliss-reactive ketones (excluding diaryl/α,β-unsaturated/α-hetero) is 1. The third-order valence-electron chi connectivity index (χ3n) is 11.5. The Balaban J connectivity index is 1.38. The molecule has 0 spiro atoms. The van der Waals surface area contributed by atoms with Crippen molar-refractivity contribution in [3.8, 4) is 0 Å². The third kappa shape index (κ3) is 14.0. The van der Waals surface area contributed by atoms with Gasteiger partial charge in [-0.15, -0.1) is 0 Å². The molecule has 2 N–H and O–H groups in total. The van der Waals surface area contributed by atoms with Crippen LogP contribution in [0.15, 0.2) is 133 Å². The van der Waals surface area contributed by atoms with E-state index in [-0.39, 0.29) is 35.5 Å². The fourth-order valence-electron chi connectivity index (χ4n) is 7.95. The first-order valence-electron chi connectivity index (χ1n) is 22.6. The van der Waals surface area contributed by atoms with Gasteiger partial charge in [0.2, 0.25) is 0 Å². The number of aliphatic hydroxyl groups excluding tert-OH is 1. The van der Waals surface area contributed by atoms with Gasteiger partial charge in [0.05, 0.1) is 43.4 Å². The summed E-state index contributed by atoms with van der Waals surface area (Å²) < 4.78 is 52.0. The van der Waals surface area contributed by atoms with Crippen molar-refractivity contribution >= 4 is 87.1 Å². The molecule has 0 aromatic heterocycles. The maximum Gasteiger partial charge on any atom is 0.339 e. The van der Waals surface area contributed by atoms with Crippen LogP contribution in [0.5, 0.6) is 0 Å². The number of rotatable bonds is 18. The quantitative estimate of drug-likeness (QED) is 0.0567. The fourth-order valence-corrected chi connectivity index (χ4v) is 8.11. The molecule has 5 aromatic carbocycles. The summed E-state index contributed by atoms with van der Waals surface area (Å²) in [7, 11) is 0.978. The van der Waals surface area contributed by atoms with Gasteiger partial charge < -0.3 is 57.8 Å². The molecule has 2 saturated heterocycles. The third-order valence-corrected chi connectivity index (χ3v) is 12.1. The van der Waals surface area contributed by atoms with E-state index < -0.39 is 114 Å². The predicted octanol–water partition coefficient (Wildman–Crippen LogP) is 6.17. The number of halogens is 3. The minimum absolute atomic E-state index is 0.0196. The van der Waals surface area contributed by atoms with Crippen molar-refractivity contribution in [2.45, 2.75) is 91.5 Å². The minimum atomic E-state index is -2.67. The number of ether oxygens (including phenoxy) is 9. The summed E-state index contributed by atoms with van der Waals surface area (Å²) in [4.78, 5) is 95.5. The van der Waals surface area contributed by atoms with Gasteiger partial charge in [-0.25, -0.2) is 19.2 Å². The van der Waals surface area contributed by atoms with E-state index >= 15 is 0 Å². The van der Waals surface area contributed by atoms with Crippen molar-refractivity contribution in [3.05, 3.63) is 156 Å².